The van der Waals surface area contributed by atoms with Crippen molar-refractivity contribution in [1.29, 1.82) is 5.53 Å². The standard InChI is InChI=1S/C16H24N4O6/c17-19-18-5-7-24-9-11-26-12-10-25-8-6-20(16(22)23)15-3-1-14(13-21)2-4-15/h1-4,17,21H,5-13H2/p+1. The lowest BCUT2D eigenvalue weighted by Gasteiger charge is -2.19. The molecule has 26 heavy (non-hydrogen) atoms. The van der Waals surface area contributed by atoms with Crippen molar-refractivity contribution >= 4 is 11.8 Å². The fourth-order valence-corrected chi connectivity index (χ4v) is 1.97. The van der Waals surface area contributed by atoms with Crippen LogP contribution in [0.3, 0.4) is 0 Å². The number of carboxylic acid groups (broad SMARTS) is 1. The van der Waals surface area contributed by atoms with Gasteiger partial charge < -0.3 is 24.4 Å². The number of anilines is 1. The zero-order valence-electron chi connectivity index (χ0n) is 14.5. The van der Waals surface area contributed by atoms with Gasteiger partial charge in [0.1, 0.15) is 17.2 Å². The van der Waals surface area contributed by atoms with Gasteiger partial charge in [-0.05, 0) is 17.7 Å². The normalized spacial score (nSPS) is 10.3. The Hall–Kier alpha value is -2.36. The fraction of sp³-hybridized carbons (Fsp3) is 0.562. The monoisotopic (exact) mass is 369 g/mol. The smallest absolute Gasteiger partial charge is 0.411 e. The second kappa shape index (κ2) is 13.9. The summed E-state index contributed by atoms with van der Waals surface area (Å²) in [4.78, 5) is 15.4. The van der Waals surface area contributed by atoms with Gasteiger partial charge in [-0.2, -0.15) is 0 Å². The minimum atomic E-state index is -1.07. The summed E-state index contributed by atoms with van der Waals surface area (Å²) in [6.45, 7) is 2.68. The molecule has 144 valence electrons. The molecule has 10 nitrogen and oxygen atoms in total. The van der Waals surface area contributed by atoms with E-state index in [4.69, 9.17) is 24.8 Å². The van der Waals surface area contributed by atoms with Crippen LogP contribution >= 0.6 is 0 Å². The molecule has 0 radical (unpaired) electrons. The lowest BCUT2D eigenvalue weighted by atomic mass is 10.2. The first-order chi connectivity index (χ1) is 12.7. The molecular weight excluding hydrogens is 344 g/mol. The summed E-state index contributed by atoms with van der Waals surface area (Å²) < 4.78 is 15.9. The van der Waals surface area contributed by atoms with E-state index in [0.717, 1.165) is 5.56 Å². The van der Waals surface area contributed by atoms with Gasteiger partial charge in [0.25, 0.3) is 0 Å². The van der Waals surface area contributed by atoms with Gasteiger partial charge in [0.15, 0.2) is 0 Å². The van der Waals surface area contributed by atoms with Gasteiger partial charge in [0, 0.05) is 5.69 Å². The molecule has 0 aromatic heterocycles. The van der Waals surface area contributed by atoms with Crippen molar-refractivity contribution in [3.63, 3.8) is 0 Å². The first kappa shape index (κ1) is 21.7. The number of aliphatic hydroxyl groups excluding tert-OH is 1. The van der Waals surface area contributed by atoms with E-state index in [9.17, 15) is 9.90 Å². The summed E-state index contributed by atoms with van der Waals surface area (Å²) in [7, 11) is 0. The molecule has 1 amide bonds. The largest absolute Gasteiger partial charge is 0.465 e. The summed E-state index contributed by atoms with van der Waals surface area (Å²) in [6.07, 6.45) is -1.07. The molecule has 0 aliphatic heterocycles. The van der Waals surface area contributed by atoms with Gasteiger partial charge >= 0.3 is 6.09 Å². The Kier molecular flexibility index (Phi) is 11.6. The molecule has 1 aromatic carbocycles. The van der Waals surface area contributed by atoms with Gasteiger partial charge in [-0.15, -0.1) is 0 Å². The van der Waals surface area contributed by atoms with E-state index < -0.39 is 6.09 Å². The molecule has 10 heteroatoms. The van der Waals surface area contributed by atoms with Crippen LogP contribution in [0.15, 0.2) is 29.4 Å². The van der Waals surface area contributed by atoms with E-state index in [1.54, 1.807) is 24.3 Å². The van der Waals surface area contributed by atoms with Crippen LogP contribution in [0.1, 0.15) is 5.56 Å². The predicted molar refractivity (Wildman–Crippen MR) is 92.3 cm³/mol. The van der Waals surface area contributed by atoms with Gasteiger partial charge in [0.05, 0.1) is 52.8 Å². The number of nitrogens with zero attached hydrogens (tertiary/aromatic N) is 3. The van der Waals surface area contributed by atoms with Gasteiger partial charge in [-0.25, -0.2) is 4.79 Å². The van der Waals surface area contributed by atoms with Crippen molar-refractivity contribution < 1.29 is 29.2 Å². The van der Waals surface area contributed by atoms with Crippen LogP contribution in [0.4, 0.5) is 10.5 Å². The molecule has 0 unspecified atom stereocenters. The van der Waals surface area contributed by atoms with E-state index in [1.807, 2.05) is 0 Å². The maximum Gasteiger partial charge on any atom is 0.411 e. The van der Waals surface area contributed by atoms with E-state index in [0.29, 0.717) is 45.3 Å². The highest BCUT2D eigenvalue weighted by atomic mass is 16.5. The molecule has 0 fully saturated rings. The van der Waals surface area contributed by atoms with E-state index >= 15 is 0 Å². The highest BCUT2D eigenvalue weighted by Gasteiger charge is 2.13. The molecule has 0 spiro atoms. The Balaban J connectivity index is 2.12. The third-order valence-electron chi connectivity index (χ3n) is 3.27. The predicted octanol–water partition coefficient (Wildman–Crippen LogP) is 1.26. The average molecular weight is 369 g/mol. The number of benzene rings is 1. The number of amides is 1. The number of rotatable bonds is 14. The number of ether oxygens (including phenoxy) is 3. The maximum atomic E-state index is 11.3. The Labute approximate surface area is 151 Å². The van der Waals surface area contributed by atoms with Crippen molar-refractivity contribution in [3.05, 3.63) is 29.8 Å². The molecule has 3 N–H and O–H groups in total. The van der Waals surface area contributed by atoms with Gasteiger partial charge in [0.2, 0.25) is 4.91 Å². The highest BCUT2D eigenvalue weighted by Crippen LogP contribution is 2.15. The third kappa shape index (κ3) is 9.21. The molecule has 0 aliphatic rings. The van der Waals surface area contributed by atoms with Crippen LogP contribution in [-0.2, 0) is 20.8 Å². The quantitative estimate of drug-likeness (QED) is 0.256. The molecule has 0 saturated heterocycles. The van der Waals surface area contributed by atoms with Crippen LogP contribution in [0.2, 0.25) is 0 Å². The Morgan fingerprint density at radius 3 is 2.15 bits per heavy atom. The summed E-state index contributed by atoms with van der Waals surface area (Å²) in [5, 5.41) is 21.8. The first-order valence-corrected chi connectivity index (χ1v) is 8.15. The molecule has 1 aromatic rings. The number of aliphatic hydroxyl groups is 1. The van der Waals surface area contributed by atoms with E-state index in [2.05, 4.69) is 10.0 Å². The Morgan fingerprint density at radius 1 is 1.04 bits per heavy atom. The third-order valence-corrected chi connectivity index (χ3v) is 3.27. The molecule has 0 aliphatic carbocycles. The van der Waals surface area contributed by atoms with E-state index in [-0.39, 0.29) is 19.8 Å². The number of hydrogen-bond acceptors (Lipinski definition) is 7. The maximum absolute atomic E-state index is 11.3. The lowest BCUT2D eigenvalue weighted by Crippen LogP contribution is -2.32. The average Bonchev–Trinajstić information content (AvgIpc) is 2.65. The van der Waals surface area contributed by atoms with Crippen LogP contribution in [-0.4, -0.2) is 69.0 Å². The molecule has 1 rings (SSSR count). The fourth-order valence-electron chi connectivity index (χ4n) is 1.97. The zero-order valence-corrected chi connectivity index (χ0v) is 14.5. The van der Waals surface area contributed by atoms with Crippen LogP contribution in [0.5, 0.6) is 0 Å². The minimum Gasteiger partial charge on any atom is -0.465 e. The summed E-state index contributed by atoms with van der Waals surface area (Å²) in [5.74, 6) is 0. The highest BCUT2D eigenvalue weighted by molar-refractivity contribution is 5.85. The van der Waals surface area contributed by atoms with Crippen LogP contribution < -0.4 is 9.81 Å². The number of nitrogens with one attached hydrogen (secondary N) is 1. The Morgan fingerprint density at radius 2 is 1.62 bits per heavy atom. The van der Waals surface area contributed by atoms with Crippen molar-refractivity contribution in [1.82, 2.24) is 4.91 Å². The van der Waals surface area contributed by atoms with Crippen molar-refractivity contribution in [3.8, 4) is 0 Å². The molecule has 0 heterocycles. The van der Waals surface area contributed by atoms with Gasteiger partial charge in [-0.1, -0.05) is 12.1 Å². The van der Waals surface area contributed by atoms with Crippen LogP contribution in [0.25, 0.3) is 0 Å². The Bertz CT molecular complexity index is 562. The first-order valence-electron chi connectivity index (χ1n) is 8.15. The molecule has 0 bridgehead atoms. The lowest BCUT2D eigenvalue weighted by molar-refractivity contribution is 0.0172. The van der Waals surface area contributed by atoms with Crippen molar-refractivity contribution in [2.75, 3.05) is 57.6 Å². The van der Waals surface area contributed by atoms with Crippen molar-refractivity contribution in [2.45, 2.75) is 6.61 Å². The summed E-state index contributed by atoms with van der Waals surface area (Å²) >= 11 is 0. The second-order valence-electron chi connectivity index (χ2n) is 5.06. The summed E-state index contributed by atoms with van der Waals surface area (Å²) in [5.41, 5.74) is 7.71. The second-order valence-corrected chi connectivity index (χ2v) is 5.06. The van der Waals surface area contributed by atoms with Crippen LogP contribution in [0, 0.1) is 5.53 Å². The minimum absolute atomic E-state index is 0.0855. The summed E-state index contributed by atoms with van der Waals surface area (Å²) in [6, 6.07) is 6.65. The van der Waals surface area contributed by atoms with E-state index in [1.165, 1.54) is 4.90 Å². The molecular formula is C16H25N4O6+. The SMILES string of the molecule is N=[N+]=NCCOCCOCCOCCN(C(=O)O)c1ccc(CO)cc1. The van der Waals surface area contributed by atoms with Crippen molar-refractivity contribution in [2.24, 2.45) is 5.11 Å². The molecule has 0 saturated carbocycles. The zero-order chi connectivity index (χ0) is 19.0. The van der Waals surface area contributed by atoms with Gasteiger partial charge in [-0.3, -0.25) is 4.90 Å². The topological polar surface area (TPSA) is 139 Å². The number of carbonyl (C=O) groups is 1. The number of hydrogen-bond donors (Lipinski definition) is 3. The molecule has 0 atom stereocenters.